The minimum atomic E-state index is -4.05. The molecule has 2 aliphatic carbocycles. The van der Waals surface area contributed by atoms with Gasteiger partial charge in [-0.15, -0.1) is 0 Å². The number of fused-ring (bicyclic) bond motifs is 2. The molecule has 6 nitrogen and oxygen atoms in total. The van der Waals surface area contributed by atoms with Gasteiger partial charge < -0.3 is 0 Å². The zero-order chi connectivity index (χ0) is 20.8. The van der Waals surface area contributed by atoms with Gasteiger partial charge in [-0.1, -0.05) is 47.5 Å². The van der Waals surface area contributed by atoms with Crippen molar-refractivity contribution in [1.29, 1.82) is 0 Å². The molecule has 1 saturated carbocycles. The molecule has 0 spiro atoms. The first-order chi connectivity index (χ1) is 13.7. The zero-order valence-electron chi connectivity index (χ0n) is 16.1. The van der Waals surface area contributed by atoms with Gasteiger partial charge in [-0.25, -0.2) is 0 Å². The van der Waals surface area contributed by atoms with E-state index in [2.05, 4.69) is 0 Å². The first-order valence-corrected chi connectivity index (χ1v) is 12.2. The highest BCUT2D eigenvalue weighted by atomic mass is 32.2. The van der Waals surface area contributed by atoms with Crippen LogP contribution in [0.15, 0.2) is 70.5 Å². The molecule has 4 unspecified atom stereocenters. The lowest BCUT2D eigenvalue weighted by atomic mass is 10.0. The molecule has 0 amide bonds. The Bertz CT molecular complexity index is 1040. The molecule has 4 atom stereocenters. The van der Waals surface area contributed by atoms with Crippen LogP contribution in [-0.4, -0.2) is 29.0 Å². The third-order valence-corrected chi connectivity index (χ3v) is 8.06. The van der Waals surface area contributed by atoms with E-state index in [1.165, 1.54) is 24.3 Å². The fraction of sp³-hybridized carbons (Fsp3) is 0.333. The summed E-state index contributed by atoms with van der Waals surface area (Å²) in [6.45, 7) is 3.72. The van der Waals surface area contributed by atoms with Crippen LogP contribution in [0.2, 0.25) is 0 Å². The Morgan fingerprint density at radius 3 is 1.34 bits per heavy atom. The predicted octanol–water partition coefficient (Wildman–Crippen LogP) is 3.36. The molecule has 2 aliphatic rings. The highest BCUT2D eigenvalue weighted by molar-refractivity contribution is 7.87. The van der Waals surface area contributed by atoms with Crippen molar-refractivity contribution in [3.8, 4) is 0 Å². The van der Waals surface area contributed by atoms with E-state index in [0.717, 1.165) is 11.1 Å². The summed E-state index contributed by atoms with van der Waals surface area (Å²) >= 11 is 0. The summed E-state index contributed by atoms with van der Waals surface area (Å²) in [6, 6.07) is 12.7. The fourth-order valence-electron chi connectivity index (χ4n) is 3.80. The third kappa shape index (κ3) is 4.02. The van der Waals surface area contributed by atoms with Gasteiger partial charge in [0, 0.05) is 11.8 Å². The monoisotopic (exact) mass is 434 g/mol. The van der Waals surface area contributed by atoms with Crippen molar-refractivity contribution in [1.82, 2.24) is 0 Å². The Hall–Kier alpha value is -2.00. The average molecular weight is 435 g/mol. The normalized spacial score (nSPS) is 26.1. The molecule has 2 aromatic carbocycles. The number of rotatable bonds is 6. The molecule has 0 aromatic heterocycles. The van der Waals surface area contributed by atoms with Crippen LogP contribution >= 0.6 is 0 Å². The Balaban J connectivity index is 1.59. The van der Waals surface area contributed by atoms with Crippen LogP contribution in [0.25, 0.3) is 0 Å². The number of benzene rings is 2. The largest absolute Gasteiger partial charge is 0.297 e. The van der Waals surface area contributed by atoms with Crippen molar-refractivity contribution < 1.29 is 25.2 Å². The molecular formula is C21H22O6S2. The van der Waals surface area contributed by atoms with E-state index in [0.29, 0.717) is 6.42 Å². The summed E-state index contributed by atoms with van der Waals surface area (Å²) in [5.74, 6) is -0.420. The lowest BCUT2D eigenvalue weighted by Crippen LogP contribution is -2.38. The average Bonchev–Trinajstić information content (AvgIpc) is 3.25. The maximum atomic E-state index is 12.7. The van der Waals surface area contributed by atoms with Crippen LogP contribution in [0, 0.1) is 25.7 Å². The molecule has 0 heterocycles. The molecule has 4 rings (SSSR count). The quantitative estimate of drug-likeness (QED) is 0.512. The maximum Gasteiger partial charge on any atom is 0.297 e. The first-order valence-electron chi connectivity index (χ1n) is 9.34. The van der Waals surface area contributed by atoms with Gasteiger partial charge in [-0.05, 0) is 44.5 Å². The summed E-state index contributed by atoms with van der Waals surface area (Å²) < 4.78 is 62.0. The molecule has 1 fully saturated rings. The third-order valence-electron chi connectivity index (χ3n) is 5.41. The van der Waals surface area contributed by atoms with E-state index in [1.54, 1.807) is 24.3 Å². The van der Waals surface area contributed by atoms with Crippen LogP contribution in [0.5, 0.6) is 0 Å². The van der Waals surface area contributed by atoms with Crippen molar-refractivity contribution in [3.05, 3.63) is 71.8 Å². The lowest BCUT2D eigenvalue weighted by molar-refractivity contribution is 0.0556. The topological polar surface area (TPSA) is 86.7 Å². The smallest absolute Gasteiger partial charge is 0.260 e. The van der Waals surface area contributed by atoms with Crippen LogP contribution in [0.1, 0.15) is 17.5 Å². The molecule has 8 heteroatoms. The second-order valence-electron chi connectivity index (χ2n) is 7.60. The SMILES string of the molecule is Cc1ccc(S(=O)(=O)OC2C3C=CC(C3)C2OS(=O)(=O)c2ccc(C)cc2)cc1. The minimum Gasteiger partial charge on any atom is -0.260 e. The molecule has 0 radical (unpaired) electrons. The molecule has 154 valence electrons. The van der Waals surface area contributed by atoms with Gasteiger partial charge in [-0.3, -0.25) is 8.37 Å². The number of hydrogen-bond donors (Lipinski definition) is 0. The van der Waals surface area contributed by atoms with Crippen molar-refractivity contribution in [3.63, 3.8) is 0 Å². The van der Waals surface area contributed by atoms with E-state index >= 15 is 0 Å². The van der Waals surface area contributed by atoms with Crippen LogP contribution in [0.3, 0.4) is 0 Å². The number of hydrogen-bond acceptors (Lipinski definition) is 6. The molecule has 2 aromatic rings. The summed E-state index contributed by atoms with van der Waals surface area (Å²) in [5, 5.41) is 0. The lowest BCUT2D eigenvalue weighted by Gasteiger charge is -2.27. The fourth-order valence-corrected chi connectivity index (χ4v) is 6.05. The van der Waals surface area contributed by atoms with Gasteiger partial charge in [-0.2, -0.15) is 16.8 Å². The number of aryl methyl sites for hydroxylation is 2. The van der Waals surface area contributed by atoms with Crippen LogP contribution in [-0.2, 0) is 28.6 Å². The van der Waals surface area contributed by atoms with E-state index in [-0.39, 0.29) is 21.6 Å². The molecular weight excluding hydrogens is 412 g/mol. The van der Waals surface area contributed by atoms with Gasteiger partial charge >= 0.3 is 0 Å². The van der Waals surface area contributed by atoms with Gasteiger partial charge in [0.2, 0.25) is 0 Å². The molecule has 0 saturated heterocycles. The summed E-state index contributed by atoms with van der Waals surface area (Å²) in [7, 11) is -8.10. The predicted molar refractivity (Wildman–Crippen MR) is 107 cm³/mol. The standard InChI is InChI=1S/C21H22O6S2/c1-14-3-9-18(10-4-14)28(22,23)26-20-16-7-8-17(13-16)21(20)27-29(24,25)19-11-5-15(2)6-12-19/h3-12,16-17,20-21H,13H2,1-2H3. The summed E-state index contributed by atoms with van der Waals surface area (Å²) in [6.07, 6.45) is 2.56. The van der Waals surface area contributed by atoms with E-state index in [9.17, 15) is 16.8 Å². The van der Waals surface area contributed by atoms with Gasteiger partial charge in [0.15, 0.2) is 0 Å². The second-order valence-corrected chi connectivity index (χ2v) is 10.7. The second kappa shape index (κ2) is 7.36. The first kappa shape index (κ1) is 20.3. The van der Waals surface area contributed by atoms with Crippen LogP contribution in [0.4, 0.5) is 0 Å². The minimum absolute atomic E-state index is 0.0370. The van der Waals surface area contributed by atoms with E-state index in [1.807, 2.05) is 26.0 Å². The van der Waals surface area contributed by atoms with Crippen molar-refractivity contribution in [2.45, 2.75) is 42.3 Å². The van der Waals surface area contributed by atoms with Gasteiger partial charge in [0.25, 0.3) is 20.2 Å². The Kier molecular flexibility index (Phi) is 5.14. The molecule has 2 bridgehead atoms. The summed E-state index contributed by atoms with van der Waals surface area (Å²) in [5.41, 5.74) is 1.86. The van der Waals surface area contributed by atoms with Crippen molar-refractivity contribution in [2.75, 3.05) is 0 Å². The molecule has 0 aliphatic heterocycles. The molecule has 0 N–H and O–H groups in total. The molecule has 29 heavy (non-hydrogen) atoms. The Morgan fingerprint density at radius 2 is 1.00 bits per heavy atom. The van der Waals surface area contributed by atoms with Crippen molar-refractivity contribution in [2.24, 2.45) is 11.8 Å². The highest BCUT2D eigenvalue weighted by Crippen LogP contribution is 2.44. The van der Waals surface area contributed by atoms with E-state index < -0.39 is 32.4 Å². The Morgan fingerprint density at radius 1 is 0.655 bits per heavy atom. The van der Waals surface area contributed by atoms with Crippen LogP contribution < -0.4 is 0 Å². The van der Waals surface area contributed by atoms with Gasteiger partial charge in [0.1, 0.15) is 12.2 Å². The van der Waals surface area contributed by atoms with Crippen molar-refractivity contribution >= 4 is 20.2 Å². The highest BCUT2D eigenvalue weighted by Gasteiger charge is 2.50. The van der Waals surface area contributed by atoms with E-state index in [4.69, 9.17) is 8.37 Å². The summed E-state index contributed by atoms with van der Waals surface area (Å²) in [4.78, 5) is 0.0741. The maximum absolute atomic E-state index is 12.7. The zero-order valence-corrected chi connectivity index (χ0v) is 17.7. The Labute approximate surface area is 171 Å². The van der Waals surface area contributed by atoms with Gasteiger partial charge in [0.05, 0.1) is 9.79 Å².